The van der Waals surface area contributed by atoms with E-state index in [1.165, 1.54) is 0 Å². The first-order valence-electron chi connectivity index (χ1n) is 8.46. The Morgan fingerprint density at radius 3 is 2.58 bits per heavy atom. The number of carbonyl (C=O) groups is 2. The van der Waals surface area contributed by atoms with Gasteiger partial charge in [0, 0.05) is 19.2 Å². The molecule has 138 valence electrons. The first kappa shape index (κ1) is 19.4. The maximum absolute atomic E-state index is 12.1. The highest BCUT2D eigenvalue weighted by Crippen LogP contribution is 2.19. The second-order valence-corrected chi connectivity index (χ2v) is 6.94. The van der Waals surface area contributed by atoms with E-state index in [2.05, 4.69) is 10.3 Å². The van der Waals surface area contributed by atoms with Crippen LogP contribution in [-0.4, -0.2) is 27.6 Å². The van der Waals surface area contributed by atoms with Crippen LogP contribution in [-0.2, 0) is 22.5 Å². The predicted molar refractivity (Wildman–Crippen MR) is 97.7 cm³/mol. The molecule has 0 aliphatic rings. The van der Waals surface area contributed by atoms with Gasteiger partial charge in [-0.15, -0.1) is 0 Å². The molecule has 0 aliphatic heterocycles. The maximum Gasteiger partial charge on any atom is 0.306 e. The normalized spacial score (nSPS) is 11.0. The molecule has 0 aliphatic carbocycles. The number of nitrogens with one attached hydrogen (secondary N) is 1. The molecule has 0 bridgehead atoms. The maximum atomic E-state index is 12.1. The molecule has 0 saturated heterocycles. The number of phenols is 1. The smallest absolute Gasteiger partial charge is 0.306 e. The molecular formula is C20H24N2O4. The number of ether oxygens (including phenoxy) is 1. The monoisotopic (exact) mass is 356 g/mol. The summed E-state index contributed by atoms with van der Waals surface area (Å²) in [6, 6.07) is 10.0. The van der Waals surface area contributed by atoms with Crippen LogP contribution >= 0.6 is 0 Å². The molecule has 6 heteroatoms. The quantitative estimate of drug-likeness (QED) is 0.777. The fourth-order valence-electron chi connectivity index (χ4n) is 2.41. The summed E-state index contributed by atoms with van der Waals surface area (Å²) in [6.07, 6.45) is 2.24. The van der Waals surface area contributed by atoms with Crippen LogP contribution in [0, 0.1) is 0 Å². The number of nitrogens with zero attached hydrogens (tertiary/aromatic N) is 1. The number of hydrogen-bond donors (Lipinski definition) is 2. The van der Waals surface area contributed by atoms with Gasteiger partial charge >= 0.3 is 5.97 Å². The summed E-state index contributed by atoms with van der Waals surface area (Å²) in [5.41, 5.74) is 1.42. The molecule has 0 fully saturated rings. The molecule has 1 amide bonds. The average Bonchev–Trinajstić information content (AvgIpc) is 2.58. The zero-order chi connectivity index (χ0) is 19.2. The van der Waals surface area contributed by atoms with E-state index in [4.69, 9.17) is 4.74 Å². The number of esters is 1. The number of amides is 1. The van der Waals surface area contributed by atoms with E-state index in [0.717, 1.165) is 11.1 Å². The van der Waals surface area contributed by atoms with Gasteiger partial charge < -0.3 is 15.2 Å². The number of aromatic nitrogens is 1. The minimum atomic E-state index is -0.522. The number of hydrogen-bond acceptors (Lipinski definition) is 5. The molecule has 2 aromatic rings. The molecule has 0 atom stereocenters. The summed E-state index contributed by atoms with van der Waals surface area (Å²) in [5.74, 6) is -0.478. The van der Waals surface area contributed by atoms with E-state index in [-0.39, 0.29) is 30.6 Å². The van der Waals surface area contributed by atoms with Crippen LogP contribution < -0.4 is 5.32 Å². The Bertz CT molecular complexity index is 767. The summed E-state index contributed by atoms with van der Waals surface area (Å²) in [5, 5.41) is 12.5. The van der Waals surface area contributed by atoms with Crippen molar-refractivity contribution in [1.82, 2.24) is 10.3 Å². The van der Waals surface area contributed by atoms with E-state index in [1.807, 2.05) is 20.8 Å². The van der Waals surface area contributed by atoms with Crippen molar-refractivity contribution in [3.8, 4) is 5.75 Å². The van der Waals surface area contributed by atoms with Crippen molar-refractivity contribution in [3.05, 3.63) is 59.4 Å². The van der Waals surface area contributed by atoms with Gasteiger partial charge in [0.05, 0.1) is 0 Å². The van der Waals surface area contributed by atoms with Crippen molar-refractivity contribution in [3.63, 3.8) is 0 Å². The highest BCUT2D eigenvalue weighted by atomic mass is 16.6. The minimum absolute atomic E-state index is 0.105. The molecule has 0 unspecified atom stereocenters. The molecule has 0 spiro atoms. The molecule has 1 heterocycles. The molecule has 6 nitrogen and oxygen atoms in total. The number of carbonyl (C=O) groups excluding carboxylic acids is 2. The highest BCUT2D eigenvalue weighted by Gasteiger charge is 2.17. The molecule has 1 aromatic carbocycles. The summed E-state index contributed by atoms with van der Waals surface area (Å²) in [4.78, 5) is 28.0. The van der Waals surface area contributed by atoms with Crippen LogP contribution in [0.4, 0.5) is 0 Å². The number of pyridine rings is 1. The van der Waals surface area contributed by atoms with Gasteiger partial charge in [-0.25, -0.2) is 0 Å². The molecular weight excluding hydrogens is 332 g/mol. The highest BCUT2D eigenvalue weighted by molar-refractivity contribution is 5.92. The molecule has 26 heavy (non-hydrogen) atoms. The summed E-state index contributed by atoms with van der Waals surface area (Å²) in [7, 11) is 0. The van der Waals surface area contributed by atoms with Crippen LogP contribution in [0.5, 0.6) is 5.75 Å². The summed E-state index contributed by atoms with van der Waals surface area (Å²) >= 11 is 0. The summed E-state index contributed by atoms with van der Waals surface area (Å²) < 4.78 is 5.31. The molecule has 2 N–H and O–H groups in total. The topological polar surface area (TPSA) is 88.5 Å². The number of aromatic hydroxyl groups is 1. The van der Waals surface area contributed by atoms with E-state index in [9.17, 15) is 14.7 Å². The Hall–Kier alpha value is -2.89. The zero-order valence-corrected chi connectivity index (χ0v) is 15.3. The van der Waals surface area contributed by atoms with Gasteiger partial charge in [0.25, 0.3) is 5.91 Å². The van der Waals surface area contributed by atoms with Crippen molar-refractivity contribution in [1.29, 1.82) is 0 Å². The van der Waals surface area contributed by atoms with Gasteiger partial charge in [-0.3, -0.25) is 14.6 Å². The third-order valence-corrected chi connectivity index (χ3v) is 3.55. The van der Waals surface area contributed by atoms with Crippen molar-refractivity contribution < 1.29 is 19.4 Å². The Kier molecular flexibility index (Phi) is 6.33. The standard InChI is InChI=1S/C20H24N2O4/c1-20(2,3)26-18(24)10-8-14-7-9-16(23)12-15(14)13-22-19(25)17-6-4-5-11-21-17/h4-7,9,11-12,23H,8,10,13H2,1-3H3,(H,22,25). The van der Waals surface area contributed by atoms with Crippen LogP contribution in [0.3, 0.4) is 0 Å². The van der Waals surface area contributed by atoms with Crippen LogP contribution in [0.1, 0.15) is 48.8 Å². The fraction of sp³-hybridized carbons (Fsp3) is 0.350. The van der Waals surface area contributed by atoms with Gasteiger partial charge in [0.2, 0.25) is 0 Å². The Labute approximate surface area is 153 Å². The van der Waals surface area contributed by atoms with E-state index in [1.54, 1.807) is 42.6 Å². The lowest BCUT2D eigenvalue weighted by Gasteiger charge is -2.19. The minimum Gasteiger partial charge on any atom is -0.508 e. The van der Waals surface area contributed by atoms with E-state index < -0.39 is 5.60 Å². The SMILES string of the molecule is CC(C)(C)OC(=O)CCc1ccc(O)cc1CNC(=O)c1ccccn1. The van der Waals surface area contributed by atoms with Gasteiger partial charge in [-0.05, 0) is 62.6 Å². The number of aryl methyl sites for hydroxylation is 1. The van der Waals surface area contributed by atoms with Crippen molar-refractivity contribution >= 4 is 11.9 Å². The number of rotatable bonds is 6. The summed E-state index contributed by atoms with van der Waals surface area (Å²) in [6.45, 7) is 5.70. The molecule has 1 aromatic heterocycles. The third-order valence-electron chi connectivity index (χ3n) is 3.55. The lowest BCUT2D eigenvalue weighted by molar-refractivity contribution is -0.154. The lowest BCUT2D eigenvalue weighted by Crippen LogP contribution is -2.25. The number of benzene rings is 1. The first-order chi connectivity index (χ1) is 12.2. The largest absolute Gasteiger partial charge is 0.508 e. The van der Waals surface area contributed by atoms with Crippen LogP contribution in [0.25, 0.3) is 0 Å². The zero-order valence-electron chi connectivity index (χ0n) is 15.3. The van der Waals surface area contributed by atoms with Crippen LogP contribution in [0.2, 0.25) is 0 Å². The van der Waals surface area contributed by atoms with Crippen molar-refractivity contribution in [2.24, 2.45) is 0 Å². The third kappa shape index (κ3) is 6.20. The predicted octanol–water partition coefficient (Wildman–Crippen LogP) is 2.99. The average molecular weight is 356 g/mol. The molecule has 0 saturated carbocycles. The Morgan fingerprint density at radius 1 is 1.15 bits per heavy atom. The second-order valence-electron chi connectivity index (χ2n) is 6.94. The Balaban J connectivity index is 2.01. The van der Waals surface area contributed by atoms with Crippen molar-refractivity contribution in [2.45, 2.75) is 45.8 Å². The van der Waals surface area contributed by atoms with Gasteiger partial charge in [0.1, 0.15) is 17.0 Å². The van der Waals surface area contributed by atoms with Crippen LogP contribution in [0.15, 0.2) is 42.6 Å². The first-order valence-corrected chi connectivity index (χ1v) is 8.46. The van der Waals surface area contributed by atoms with Gasteiger partial charge in [-0.1, -0.05) is 12.1 Å². The molecule has 2 rings (SSSR count). The molecule has 0 radical (unpaired) electrons. The van der Waals surface area contributed by atoms with Gasteiger partial charge in [0.15, 0.2) is 0 Å². The lowest BCUT2D eigenvalue weighted by atomic mass is 10.0. The van der Waals surface area contributed by atoms with Crippen molar-refractivity contribution in [2.75, 3.05) is 0 Å². The Morgan fingerprint density at radius 2 is 1.92 bits per heavy atom. The van der Waals surface area contributed by atoms with E-state index in [0.29, 0.717) is 12.1 Å². The second kappa shape index (κ2) is 8.47. The van der Waals surface area contributed by atoms with E-state index >= 15 is 0 Å². The van der Waals surface area contributed by atoms with Gasteiger partial charge in [-0.2, -0.15) is 0 Å². The fourth-order valence-corrected chi connectivity index (χ4v) is 2.41. The number of phenolic OH excluding ortho intramolecular Hbond substituents is 1.